The summed E-state index contributed by atoms with van der Waals surface area (Å²) in [4.78, 5) is -1.19. The number of benzene rings is 2. The summed E-state index contributed by atoms with van der Waals surface area (Å²) >= 11 is 0. The van der Waals surface area contributed by atoms with Crippen LogP contribution in [0.15, 0.2) is 40.1 Å². The zero-order valence-corrected chi connectivity index (χ0v) is 13.9. The minimum atomic E-state index is -4.71. The van der Waals surface area contributed by atoms with Crippen LogP contribution in [0.2, 0.25) is 0 Å². The van der Waals surface area contributed by atoms with Crippen LogP contribution in [-0.4, -0.2) is 25.9 Å². The molecule has 0 saturated carbocycles. The van der Waals surface area contributed by atoms with Crippen molar-refractivity contribution in [1.82, 2.24) is 0 Å². The number of aryl methyl sites for hydroxylation is 2. The summed E-state index contributed by atoms with van der Waals surface area (Å²) in [6, 6.07) is 6.76. The van der Waals surface area contributed by atoms with Gasteiger partial charge in [-0.25, -0.2) is 0 Å². The van der Waals surface area contributed by atoms with Gasteiger partial charge >= 0.3 is 0 Å². The standard InChI is InChI=1S/C14H15NO6S2/c1-8-5-10(3-4-12(8)15)11-6-9(2)13(22(16,17)18)7-14(11)23(19,20)21/h3-7H,15H2,1-2H3,(H,16,17,18)(H,19,20,21). The summed E-state index contributed by atoms with van der Waals surface area (Å²) in [5.41, 5.74) is 7.62. The highest BCUT2D eigenvalue weighted by molar-refractivity contribution is 7.86. The molecular formula is C14H15NO6S2. The maximum atomic E-state index is 11.6. The first kappa shape index (κ1) is 17.4. The van der Waals surface area contributed by atoms with Crippen LogP contribution in [0.3, 0.4) is 0 Å². The van der Waals surface area contributed by atoms with Crippen LogP contribution >= 0.6 is 0 Å². The third-order valence-corrected chi connectivity index (χ3v) is 5.30. The topological polar surface area (TPSA) is 135 Å². The fraction of sp³-hybridized carbons (Fsp3) is 0.143. The molecule has 0 saturated heterocycles. The zero-order valence-electron chi connectivity index (χ0n) is 12.3. The Kier molecular flexibility index (Phi) is 4.24. The maximum absolute atomic E-state index is 11.6. The molecule has 0 aliphatic carbocycles. The molecule has 7 nitrogen and oxygen atoms in total. The summed E-state index contributed by atoms with van der Waals surface area (Å²) < 4.78 is 64.5. The van der Waals surface area contributed by atoms with E-state index in [0.717, 1.165) is 6.07 Å². The predicted octanol–water partition coefficient (Wildman–Crippen LogP) is 2.05. The molecule has 0 fully saturated rings. The number of rotatable bonds is 3. The zero-order chi connectivity index (χ0) is 17.6. The maximum Gasteiger partial charge on any atom is 0.295 e. The van der Waals surface area contributed by atoms with Crippen LogP contribution in [0, 0.1) is 13.8 Å². The molecule has 9 heteroatoms. The van der Waals surface area contributed by atoms with Crippen molar-refractivity contribution < 1.29 is 25.9 Å². The van der Waals surface area contributed by atoms with Gasteiger partial charge in [-0.15, -0.1) is 0 Å². The van der Waals surface area contributed by atoms with Gasteiger partial charge in [0, 0.05) is 11.3 Å². The summed E-state index contributed by atoms with van der Waals surface area (Å²) in [6.07, 6.45) is 0. The number of hydrogen-bond acceptors (Lipinski definition) is 5. The second-order valence-electron chi connectivity index (χ2n) is 5.14. The third kappa shape index (κ3) is 3.53. The van der Waals surface area contributed by atoms with Gasteiger partial charge in [0.05, 0.1) is 4.90 Å². The Labute approximate surface area is 134 Å². The molecule has 2 aromatic carbocycles. The molecule has 4 N–H and O–H groups in total. The molecular weight excluding hydrogens is 342 g/mol. The predicted molar refractivity (Wildman–Crippen MR) is 85.4 cm³/mol. The molecule has 0 aliphatic heterocycles. The summed E-state index contributed by atoms with van der Waals surface area (Å²) in [5.74, 6) is 0. The van der Waals surface area contributed by atoms with Gasteiger partial charge in [0.25, 0.3) is 20.2 Å². The van der Waals surface area contributed by atoms with E-state index in [1.165, 1.54) is 13.0 Å². The molecule has 0 heterocycles. The van der Waals surface area contributed by atoms with Gasteiger partial charge in [-0.1, -0.05) is 6.07 Å². The van der Waals surface area contributed by atoms with E-state index >= 15 is 0 Å². The fourth-order valence-electron chi connectivity index (χ4n) is 2.23. The molecule has 0 atom stereocenters. The second kappa shape index (κ2) is 5.60. The molecule has 0 unspecified atom stereocenters. The van der Waals surface area contributed by atoms with E-state index in [-0.39, 0.29) is 11.1 Å². The second-order valence-corrected chi connectivity index (χ2v) is 7.92. The minimum absolute atomic E-state index is 0.112. The van der Waals surface area contributed by atoms with Crippen LogP contribution in [0.25, 0.3) is 11.1 Å². The Morgan fingerprint density at radius 3 is 1.87 bits per heavy atom. The average Bonchev–Trinajstić information content (AvgIpc) is 2.38. The first-order valence-corrected chi connectivity index (χ1v) is 9.25. The smallest absolute Gasteiger partial charge is 0.295 e. The molecule has 0 radical (unpaired) electrons. The van der Waals surface area contributed by atoms with E-state index in [9.17, 15) is 25.9 Å². The Hall–Kier alpha value is -1.94. The summed E-state index contributed by atoms with van der Waals surface area (Å²) in [5, 5.41) is 0. The highest BCUT2D eigenvalue weighted by Crippen LogP contribution is 2.33. The monoisotopic (exact) mass is 357 g/mol. The normalized spacial score (nSPS) is 12.3. The van der Waals surface area contributed by atoms with Gasteiger partial charge < -0.3 is 5.73 Å². The number of anilines is 1. The Morgan fingerprint density at radius 2 is 1.39 bits per heavy atom. The molecule has 0 spiro atoms. The molecule has 2 aromatic rings. The molecule has 23 heavy (non-hydrogen) atoms. The lowest BCUT2D eigenvalue weighted by molar-refractivity contribution is 0.481. The summed E-state index contributed by atoms with van der Waals surface area (Å²) in [6.45, 7) is 3.13. The van der Waals surface area contributed by atoms with Gasteiger partial charge in [0.2, 0.25) is 0 Å². The Bertz CT molecular complexity index is 994. The first-order valence-electron chi connectivity index (χ1n) is 6.37. The van der Waals surface area contributed by atoms with E-state index in [0.29, 0.717) is 16.8 Å². The lowest BCUT2D eigenvalue weighted by Gasteiger charge is -2.13. The quantitative estimate of drug-likeness (QED) is 0.565. The van der Waals surface area contributed by atoms with E-state index in [1.807, 2.05) is 0 Å². The van der Waals surface area contributed by atoms with Gasteiger partial charge in [-0.05, 0) is 54.8 Å². The molecule has 0 amide bonds. The van der Waals surface area contributed by atoms with Crippen molar-refractivity contribution in [2.75, 3.05) is 5.73 Å². The molecule has 2 rings (SSSR count). The minimum Gasteiger partial charge on any atom is -0.399 e. The van der Waals surface area contributed by atoms with Crippen LogP contribution in [0.4, 0.5) is 5.69 Å². The SMILES string of the molecule is Cc1cc(-c2cc(C)c(S(=O)(=O)O)cc2S(=O)(=O)O)ccc1N. The van der Waals surface area contributed by atoms with Crippen molar-refractivity contribution in [3.05, 3.63) is 41.5 Å². The van der Waals surface area contributed by atoms with Crippen LogP contribution in [0.1, 0.15) is 11.1 Å². The van der Waals surface area contributed by atoms with Crippen LogP contribution < -0.4 is 5.73 Å². The van der Waals surface area contributed by atoms with E-state index in [2.05, 4.69) is 0 Å². The average molecular weight is 357 g/mol. The molecule has 0 aromatic heterocycles. The van der Waals surface area contributed by atoms with Gasteiger partial charge in [0.1, 0.15) is 4.90 Å². The molecule has 124 valence electrons. The first-order chi connectivity index (χ1) is 10.4. The molecule has 0 aliphatic rings. The van der Waals surface area contributed by atoms with Crippen molar-refractivity contribution in [3.8, 4) is 11.1 Å². The lowest BCUT2D eigenvalue weighted by Crippen LogP contribution is -2.07. The van der Waals surface area contributed by atoms with Gasteiger partial charge in [0.15, 0.2) is 0 Å². The van der Waals surface area contributed by atoms with Crippen molar-refractivity contribution in [2.45, 2.75) is 23.6 Å². The highest BCUT2D eigenvalue weighted by Gasteiger charge is 2.23. The van der Waals surface area contributed by atoms with E-state index in [4.69, 9.17) is 5.73 Å². The Balaban J connectivity index is 2.88. The number of hydrogen-bond donors (Lipinski definition) is 3. The van der Waals surface area contributed by atoms with Crippen LogP contribution in [-0.2, 0) is 20.2 Å². The van der Waals surface area contributed by atoms with Crippen molar-refractivity contribution in [3.63, 3.8) is 0 Å². The van der Waals surface area contributed by atoms with E-state index in [1.54, 1.807) is 25.1 Å². The fourth-order valence-corrected chi connectivity index (χ4v) is 3.76. The Morgan fingerprint density at radius 1 is 0.826 bits per heavy atom. The van der Waals surface area contributed by atoms with Gasteiger partial charge in [-0.3, -0.25) is 9.11 Å². The van der Waals surface area contributed by atoms with Crippen molar-refractivity contribution in [1.29, 1.82) is 0 Å². The van der Waals surface area contributed by atoms with E-state index < -0.39 is 30.0 Å². The lowest BCUT2D eigenvalue weighted by atomic mass is 10.0. The third-order valence-electron chi connectivity index (χ3n) is 3.41. The highest BCUT2D eigenvalue weighted by atomic mass is 32.2. The van der Waals surface area contributed by atoms with Crippen molar-refractivity contribution >= 4 is 25.9 Å². The summed E-state index contributed by atoms with van der Waals surface area (Å²) in [7, 11) is -9.34. The number of nitrogen functional groups attached to an aromatic ring is 1. The van der Waals surface area contributed by atoms with Crippen molar-refractivity contribution in [2.24, 2.45) is 0 Å². The van der Waals surface area contributed by atoms with Gasteiger partial charge in [-0.2, -0.15) is 16.8 Å². The number of nitrogens with two attached hydrogens (primary N) is 1. The molecule has 0 bridgehead atoms. The largest absolute Gasteiger partial charge is 0.399 e. The van der Waals surface area contributed by atoms with Crippen LogP contribution in [0.5, 0.6) is 0 Å².